The van der Waals surface area contributed by atoms with Gasteiger partial charge in [-0.05, 0) is 25.0 Å². The first-order valence-corrected chi connectivity index (χ1v) is 6.30. The van der Waals surface area contributed by atoms with Crippen molar-refractivity contribution in [3.8, 4) is 0 Å². The molecule has 0 aliphatic carbocycles. The normalized spacial score (nSPS) is 17.1. The van der Waals surface area contributed by atoms with Crippen LogP contribution in [0, 0.1) is 5.92 Å². The van der Waals surface area contributed by atoms with Crippen LogP contribution < -0.4 is 5.32 Å². The second-order valence-corrected chi connectivity index (χ2v) is 4.63. The van der Waals surface area contributed by atoms with Crippen LogP contribution in [0.4, 0.5) is 0 Å². The number of likely N-dealkylation sites (tertiary alicyclic amines) is 1. The van der Waals surface area contributed by atoms with Gasteiger partial charge in [0.15, 0.2) is 0 Å². The summed E-state index contributed by atoms with van der Waals surface area (Å²) < 4.78 is 0. The summed E-state index contributed by atoms with van der Waals surface area (Å²) in [5.41, 5.74) is 0.579. The average Bonchev–Trinajstić information content (AvgIpc) is 2.46. The van der Waals surface area contributed by atoms with Gasteiger partial charge in [-0.3, -0.25) is 19.5 Å². The topological polar surface area (TPSA) is 82.5 Å². The van der Waals surface area contributed by atoms with E-state index in [9.17, 15) is 9.59 Å². The molecule has 1 saturated heterocycles. The van der Waals surface area contributed by atoms with Gasteiger partial charge >= 0.3 is 5.97 Å². The van der Waals surface area contributed by atoms with Crippen molar-refractivity contribution in [1.29, 1.82) is 0 Å². The van der Waals surface area contributed by atoms with Crippen molar-refractivity contribution < 1.29 is 14.7 Å². The van der Waals surface area contributed by atoms with Crippen molar-refractivity contribution in [1.82, 2.24) is 15.2 Å². The summed E-state index contributed by atoms with van der Waals surface area (Å²) in [7, 11) is 0. The molecule has 2 N–H and O–H groups in total. The van der Waals surface area contributed by atoms with E-state index in [0.717, 1.165) is 0 Å². The average molecular weight is 263 g/mol. The van der Waals surface area contributed by atoms with Crippen molar-refractivity contribution in [3.63, 3.8) is 0 Å². The van der Waals surface area contributed by atoms with E-state index >= 15 is 0 Å². The Labute approximate surface area is 111 Å². The minimum atomic E-state index is -0.722. The number of carboxylic acids is 1. The molecule has 1 aliphatic rings. The van der Waals surface area contributed by atoms with Gasteiger partial charge in [0.1, 0.15) is 0 Å². The molecule has 6 nitrogen and oxygen atoms in total. The lowest BCUT2D eigenvalue weighted by Crippen LogP contribution is -2.43. The zero-order valence-corrected chi connectivity index (χ0v) is 10.6. The van der Waals surface area contributed by atoms with Gasteiger partial charge in [-0.2, -0.15) is 0 Å². The quantitative estimate of drug-likeness (QED) is 0.829. The van der Waals surface area contributed by atoms with Gasteiger partial charge in [-0.25, -0.2) is 0 Å². The van der Waals surface area contributed by atoms with Crippen LogP contribution >= 0.6 is 0 Å². The number of nitrogens with zero attached hydrogens (tertiary/aromatic N) is 2. The molecular weight excluding hydrogens is 246 g/mol. The highest BCUT2D eigenvalue weighted by molar-refractivity contribution is 5.93. The number of hydrogen-bond donors (Lipinski definition) is 2. The Hall–Kier alpha value is -1.95. The summed E-state index contributed by atoms with van der Waals surface area (Å²) >= 11 is 0. The molecule has 102 valence electrons. The van der Waals surface area contributed by atoms with Gasteiger partial charge in [-0.1, -0.05) is 0 Å². The van der Waals surface area contributed by atoms with Crippen LogP contribution in [0.3, 0.4) is 0 Å². The zero-order chi connectivity index (χ0) is 13.7. The van der Waals surface area contributed by atoms with Crippen LogP contribution in [-0.4, -0.2) is 46.6 Å². The minimum absolute atomic E-state index is 0.136. The molecule has 6 heteroatoms. The number of pyridine rings is 1. The number of carbonyl (C=O) groups is 2. The fourth-order valence-electron chi connectivity index (χ4n) is 2.13. The summed E-state index contributed by atoms with van der Waals surface area (Å²) in [6.45, 7) is 1.86. The Balaban J connectivity index is 1.75. The number of aliphatic carboxylic acids is 1. The first kappa shape index (κ1) is 13.5. The molecule has 0 aromatic carbocycles. The van der Waals surface area contributed by atoms with Crippen LogP contribution in [-0.2, 0) is 4.79 Å². The first-order valence-electron chi connectivity index (χ1n) is 6.30. The zero-order valence-electron chi connectivity index (χ0n) is 10.6. The molecule has 0 saturated carbocycles. The summed E-state index contributed by atoms with van der Waals surface area (Å²) in [5.74, 6) is -1.10. The van der Waals surface area contributed by atoms with Gasteiger partial charge in [0.05, 0.1) is 12.6 Å². The molecule has 2 heterocycles. The SMILES string of the molecule is O=C(NCN1CCC(C(=O)O)CC1)c1ccncc1. The van der Waals surface area contributed by atoms with Gasteiger partial charge < -0.3 is 10.4 Å². The molecule has 0 radical (unpaired) electrons. The molecule has 19 heavy (non-hydrogen) atoms. The maximum Gasteiger partial charge on any atom is 0.306 e. The number of piperidine rings is 1. The predicted octanol–water partition coefficient (Wildman–Crippen LogP) is 0.565. The second-order valence-electron chi connectivity index (χ2n) is 4.63. The highest BCUT2D eigenvalue weighted by Crippen LogP contribution is 2.16. The van der Waals surface area contributed by atoms with Gasteiger partial charge in [0.2, 0.25) is 0 Å². The van der Waals surface area contributed by atoms with E-state index in [1.54, 1.807) is 24.5 Å². The third kappa shape index (κ3) is 3.75. The maximum atomic E-state index is 11.8. The summed E-state index contributed by atoms with van der Waals surface area (Å²) in [6.07, 6.45) is 4.43. The minimum Gasteiger partial charge on any atom is -0.481 e. The Morgan fingerprint density at radius 2 is 1.95 bits per heavy atom. The summed E-state index contributed by atoms with van der Waals surface area (Å²) in [5, 5.41) is 11.7. The highest BCUT2D eigenvalue weighted by atomic mass is 16.4. The number of amides is 1. The van der Waals surface area contributed by atoms with E-state index in [-0.39, 0.29) is 11.8 Å². The number of carboxylic acid groups (broad SMARTS) is 1. The number of carbonyl (C=O) groups excluding carboxylic acids is 1. The number of rotatable bonds is 4. The van der Waals surface area contributed by atoms with E-state index in [2.05, 4.69) is 15.2 Å². The summed E-state index contributed by atoms with van der Waals surface area (Å²) in [4.78, 5) is 28.5. The molecule has 1 aromatic rings. The standard InChI is InChI=1S/C13H17N3O3/c17-12(10-1-5-14-6-2-10)15-9-16-7-3-11(4-8-16)13(18)19/h1-2,5-6,11H,3-4,7-9H2,(H,15,17)(H,18,19). The molecule has 1 aromatic heterocycles. The van der Waals surface area contributed by atoms with E-state index in [0.29, 0.717) is 38.2 Å². The third-order valence-electron chi connectivity index (χ3n) is 3.34. The first-order chi connectivity index (χ1) is 9.16. The molecule has 2 rings (SSSR count). The Kier molecular flexibility index (Phi) is 4.46. The van der Waals surface area contributed by atoms with Gasteiger partial charge in [0, 0.05) is 31.0 Å². The number of nitrogens with one attached hydrogen (secondary N) is 1. The van der Waals surface area contributed by atoms with Crippen molar-refractivity contribution >= 4 is 11.9 Å². The van der Waals surface area contributed by atoms with Crippen LogP contribution in [0.25, 0.3) is 0 Å². The fourth-order valence-corrected chi connectivity index (χ4v) is 2.13. The lowest BCUT2D eigenvalue weighted by Gasteiger charge is -2.29. The lowest BCUT2D eigenvalue weighted by molar-refractivity contribution is -0.143. The molecular formula is C13H17N3O3. The monoisotopic (exact) mass is 263 g/mol. The number of aromatic nitrogens is 1. The van der Waals surface area contributed by atoms with Crippen LogP contribution in [0.5, 0.6) is 0 Å². The molecule has 1 aliphatic heterocycles. The van der Waals surface area contributed by atoms with E-state index in [4.69, 9.17) is 5.11 Å². The van der Waals surface area contributed by atoms with Gasteiger partial charge in [-0.15, -0.1) is 0 Å². The van der Waals surface area contributed by atoms with Crippen LogP contribution in [0.2, 0.25) is 0 Å². The lowest BCUT2D eigenvalue weighted by atomic mass is 9.97. The molecule has 0 spiro atoms. The molecule has 0 unspecified atom stereocenters. The maximum absolute atomic E-state index is 11.8. The Morgan fingerprint density at radius 3 is 2.53 bits per heavy atom. The van der Waals surface area contributed by atoms with Crippen molar-refractivity contribution in [2.24, 2.45) is 5.92 Å². The van der Waals surface area contributed by atoms with Crippen LogP contribution in [0.15, 0.2) is 24.5 Å². The molecule has 1 fully saturated rings. The van der Waals surface area contributed by atoms with E-state index in [1.807, 2.05) is 0 Å². The largest absolute Gasteiger partial charge is 0.481 e. The third-order valence-corrected chi connectivity index (χ3v) is 3.34. The number of hydrogen-bond acceptors (Lipinski definition) is 4. The predicted molar refractivity (Wildman–Crippen MR) is 68.5 cm³/mol. The molecule has 1 amide bonds. The Morgan fingerprint density at radius 1 is 1.32 bits per heavy atom. The molecule has 0 atom stereocenters. The smallest absolute Gasteiger partial charge is 0.306 e. The Bertz CT molecular complexity index is 442. The van der Waals surface area contributed by atoms with E-state index < -0.39 is 5.97 Å². The van der Waals surface area contributed by atoms with Crippen molar-refractivity contribution in [2.75, 3.05) is 19.8 Å². The van der Waals surface area contributed by atoms with Gasteiger partial charge in [0.25, 0.3) is 5.91 Å². The van der Waals surface area contributed by atoms with Crippen molar-refractivity contribution in [3.05, 3.63) is 30.1 Å². The van der Waals surface area contributed by atoms with E-state index in [1.165, 1.54) is 0 Å². The highest BCUT2D eigenvalue weighted by Gasteiger charge is 2.24. The van der Waals surface area contributed by atoms with Crippen LogP contribution in [0.1, 0.15) is 23.2 Å². The molecule has 0 bridgehead atoms. The fraction of sp³-hybridized carbons (Fsp3) is 0.462. The van der Waals surface area contributed by atoms with Crippen molar-refractivity contribution in [2.45, 2.75) is 12.8 Å². The second kappa shape index (κ2) is 6.29. The summed E-state index contributed by atoms with van der Waals surface area (Å²) in [6, 6.07) is 3.32.